The highest BCUT2D eigenvalue weighted by Crippen LogP contribution is 2.24. The Kier molecular flexibility index (Phi) is 5.63. The highest BCUT2D eigenvalue weighted by Gasteiger charge is 2.08. The quantitative estimate of drug-likeness (QED) is 0.527. The Labute approximate surface area is 161 Å². The first-order valence-corrected chi connectivity index (χ1v) is 8.37. The first kappa shape index (κ1) is 18.6. The van der Waals surface area contributed by atoms with E-state index in [1.54, 1.807) is 54.6 Å². The first-order valence-electron chi connectivity index (χ1n) is 8.37. The van der Waals surface area contributed by atoms with Gasteiger partial charge in [0.2, 0.25) is 5.91 Å². The van der Waals surface area contributed by atoms with Crippen molar-refractivity contribution in [2.75, 3.05) is 5.32 Å². The predicted molar refractivity (Wildman–Crippen MR) is 105 cm³/mol. The molecule has 2 amide bonds. The van der Waals surface area contributed by atoms with Crippen molar-refractivity contribution in [3.05, 3.63) is 77.6 Å². The van der Waals surface area contributed by atoms with E-state index in [2.05, 4.69) is 21.9 Å². The lowest BCUT2D eigenvalue weighted by Crippen LogP contribution is -2.17. The van der Waals surface area contributed by atoms with Crippen LogP contribution in [-0.2, 0) is 4.79 Å². The van der Waals surface area contributed by atoms with Crippen molar-refractivity contribution in [1.82, 2.24) is 5.43 Å². The van der Waals surface area contributed by atoms with Gasteiger partial charge in [-0.3, -0.25) is 9.59 Å². The Hall–Kier alpha value is -4.18. The molecule has 0 atom stereocenters. The maximum Gasteiger partial charge on any atom is 0.271 e. The average Bonchev–Trinajstić information content (AvgIpc) is 3.16. The van der Waals surface area contributed by atoms with E-state index in [1.807, 2.05) is 6.07 Å². The molecule has 0 radical (unpaired) electrons. The van der Waals surface area contributed by atoms with Gasteiger partial charge in [0.1, 0.15) is 11.5 Å². The number of nitriles is 1. The number of rotatable bonds is 5. The molecule has 0 aliphatic rings. The summed E-state index contributed by atoms with van der Waals surface area (Å²) < 4.78 is 5.66. The van der Waals surface area contributed by atoms with Gasteiger partial charge < -0.3 is 9.73 Å². The van der Waals surface area contributed by atoms with Crippen molar-refractivity contribution in [2.45, 2.75) is 6.92 Å². The maximum absolute atomic E-state index is 12.1. The maximum atomic E-state index is 12.1. The van der Waals surface area contributed by atoms with Gasteiger partial charge in [-0.25, -0.2) is 5.43 Å². The van der Waals surface area contributed by atoms with Crippen LogP contribution in [0.3, 0.4) is 0 Å². The number of anilines is 1. The molecule has 0 bridgehead atoms. The summed E-state index contributed by atoms with van der Waals surface area (Å²) in [5.41, 5.74) is 4.61. The second-order valence-corrected chi connectivity index (χ2v) is 5.82. The summed E-state index contributed by atoms with van der Waals surface area (Å²) in [5.74, 6) is 0.395. The van der Waals surface area contributed by atoms with Gasteiger partial charge in [0.05, 0.1) is 17.8 Å². The van der Waals surface area contributed by atoms with E-state index in [1.165, 1.54) is 13.1 Å². The van der Waals surface area contributed by atoms with Crippen molar-refractivity contribution >= 4 is 23.7 Å². The van der Waals surface area contributed by atoms with Gasteiger partial charge >= 0.3 is 0 Å². The van der Waals surface area contributed by atoms with E-state index in [0.717, 1.165) is 0 Å². The van der Waals surface area contributed by atoms with Gasteiger partial charge in [0.25, 0.3) is 5.91 Å². The van der Waals surface area contributed by atoms with Crippen LogP contribution >= 0.6 is 0 Å². The molecule has 1 aromatic heterocycles. The molecule has 138 valence electrons. The summed E-state index contributed by atoms with van der Waals surface area (Å²) >= 11 is 0. The Bertz CT molecular complexity index is 1080. The second kappa shape index (κ2) is 8.47. The van der Waals surface area contributed by atoms with E-state index < -0.39 is 5.91 Å². The molecule has 2 aromatic carbocycles. The number of benzene rings is 2. The Morgan fingerprint density at radius 3 is 2.54 bits per heavy atom. The molecule has 0 aliphatic carbocycles. The van der Waals surface area contributed by atoms with Gasteiger partial charge in [-0.1, -0.05) is 12.1 Å². The largest absolute Gasteiger partial charge is 0.455 e. The summed E-state index contributed by atoms with van der Waals surface area (Å²) in [4.78, 5) is 23.1. The van der Waals surface area contributed by atoms with Gasteiger partial charge in [-0.15, -0.1) is 0 Å². The number of amides is 2. The van der Waals surface area contributed by atoms with Crippen LogP contribution in [0, 0.1) is 11.3 Å². The van der Waals surface area contributed by atoms with Crippen molar-refractivity contribution in [3.63, 3.8) is 0 Å². The fourth-order valence-corrected chi connectivity index (χ4v) is 2.49. The third-order valence-electron chi connectivity index (χ3n) is 3.77. The minimum absolute atomic E-state index is 0.183. The van der Waals surface area contributed by atoms with Gasteiger partial charge in [0, 0.05) is 23.7 Å². The molecule has 0 aliphatic heterocycles. The molecule has 7 heteroatoms. The third-order valence-corrected chi connectivity index (χ3v) is 3.77. The van der Waals surface area contributed by atoms with E-state index in [9.17, 15) is 14.9 Å². The number of hydrogen-bond donors (Lipinski definition) is 2. The molecule has 3 rings (SSSR count). The lowest BCUT2D eigenvalue weighted by Gasteiger charge is -2.03. The summed E-state index contributed by atoms with van der Waals surface area (Å²) in [6.07, 6.45) is 1.38. The Morgan fingerprint density at radius 2 is 1.82 bits per heavy atom. The van der Waals surface area contributed by atoms with Crippen molar-refractivity contribution < 1.29 is 14.0 Å². The van der Waals surface area contributed by atoms with Crippen LogP contribution in [-0.4, -0.2) is 18.0 Å². The number of hydrogen-bond acceptors (Lipinski definition) is 5. The lowest BCUT2D eigenvalue weighted by atomic mass is 10.1. The van der Waals surface area contributed by atoms with Crippen LogP contribution < -0.4 is 10.7 Å². The molecule has 0 fully saturated rings. The SMILES string of the molecule is CC(=O)Nc1ccc(C(=O)NN=Cc2ccc(-c3ccccc3C#N)o2)cc1. The Morgan fingerprint density at radius 1 is 1.07 bits per heavy atom. The van der Waals surface area contributed by atoms with Crippen LogP contribution in [0.5, 0.6) is 0 Å². The number of hydrazone groups is 1. The Balaban J connectivity index is 1.64. The molecule has 0 saturated carbocycles. The molecule has 0 saturated heterocycles. The van der Waals surface area contributed by atoms with Crippen LogP contribution in [0.1, 0.15) is 28.6 Å². The molecule has 3 aromatic rings. The smallest absolute Gasteiger partial charge is 0.271 e. The zero-order chi connectivity index (χ0) is 19.9. The van der Waals surface area contributed by atoms with Gasteiger partial charge in [-0.05, 0) is 48.5 Å². The zero-order valence-electron chi connectivity index (χ0n) is 15.0. The standard InChI is InChI=1S/C21H16N4O3/c1-14(26)24-17-8-6-15(7-9-17)21(27)25-23-13-18-10-11-20(28-18)19-5-3-2-4-16(19)12-22/h2-11,13H,1H3,(H,24,26)(H,25,27). The highest BCUT2D eigenvalue weighted by molar-refractivity contribution is 5.96. The zero-order valence-corrected chi connectivity index (χ0v) is 15.0. The fraction of sp³-hybridized carbons (Fsp3) is 0.0476. The van der Waals surface area contributed by atoms with Crippen molar-refractivity contribution in [3.8, 4) is 17.4 Å². The number of carbonyl (C=O) groups is 2. The summed E-state index contributed by atoms with van der Waals surface area (Å²) in [7, 11) is 0. The third kappa shape index (κ3) is 4.51. The molecular formula is C21H16N4O3. The van der Waals surface area contributed by atoms with E-state index >= 15 is 0 Å². The molecular weight excluding hydrogens is 356 g/mol. The molecule has 1 heterocycles. The monoisotopic (exact) mass is 372 g/mol. The van der Waals surface area contributed by atoms with Crippen molar-refractivity contribution in [1.29, 1.82) is 5.26 Å². The van der Waals surface area contributed by atoms with Gasteiger partial charge in [0.15, 0.2) is 0 Å². The number of carbonyl (C=O) groups excluding carboxylic acids is 2. The topological polar surface area (TPSA) is 107 Å². The first-order chi connectivity index (χ1) is 13.6. The average molecular weight is 372 g/mol. The summed E-state index contributed by atoms with van der Waals surface area (Å²) in [5, 5.41) is 15.7. The number of furan rings is 1. The van der Waals surface area contributed by atoms with E-state index in [4.69, 9.17) is 4.42 Å². The minimum atomic E-state index is -0.396. The summed E-state index contributed by atoms with van der Waals surface area (Å²) in [6.45, 7) is 1.41. The van der Waals surface area contributed by atoms with Gasteiger partial charge in [-0.2, -0.15) is 10.4 Å². The number of nitrogens with one attached hydrogen (secondary N) is 2. The van der Waals surface area contributed by atoms with Crippen LogP contribution in [0.2, 0.25) is 0 Å². The molecule has 0 spiro atoms. The van der Waals surface area contributed by atoms with E-state index in [0.29, 0.717) is 33.9 Å². The molecule has 2 N–H and O–H groups in total. The van der Waals surface area contributed by atoms with Crippen LogP contribution in [0.4, 0.5) is 5.69 Å². The second-order valence-electron chi connectivity index (χ2n) is 5.82. The van der Waals surface area contributed by atoms with E-state index in [-0.39, 0.29) is 5.91 Å². The van der Waals surface area contributed by atoms with Crippen molar-refractivity contribution in [2.24, 2.45) is 5.10 Å². The molecule has 7 nitrogen and oxygen atoms in total. The normalized spacial score (nSPS) is 10.4. The van der Waals surface area contributed by atoms with Crippen LogP contribution in [0.15, 0.2) is 70.2 Å². The number of nitrogens with zero attached hydrogens (tertiary/aromatic N) is 2. The summed E-state index contributed by atoms with van der Waals surface area (Å²) in [6, 6.07) is 19.1. The minimum Gasteiger partial charge on any atom is -0.455 e. The fourth-order valence-electron chi connectivity index (χ4n) is 2.49. The lowest BCUT2D eigenvalue weighted by molar-refractivity contribution is -0.114. The highest BCUT2D eigenvalue weighted by atomic mass is 16.3. The van der Waals surface area contributed by atoms with Crippen LogP contribution in [0.25, 0.3) is 11.3 Å². The predicted octanol–water partition coefficient (Wildman–Crippen LogP) is 3.54. The molecule has 0 unspecified atom stereocenters. The molecule has 28 heavy (non-hydrogen) atoms.